The van der Waals surface area contributed by atoms with Crippen LogP contribution in [-0.2, 0) is 9.47 Å². The summed E-state index contributed by atoms with van der Waals surface area (Å²) in [4.78, 5) is 2.29. The van der Waals surface area contributed by atoms with Crippen LogP contribution in [0.1, 0.15) is 200 Å². The van der Waals surface area contributed by atoms with Crippen LogP contribution in [0.25, 0.3) is 0 Å². The van der Waals surface area contributed by atoms with E-state index in [2.05, 4.69) is 81.5 Å². The lowest BCUT2D eigenvalue weighted by Crippen LogP contribution is -2.44. The Labute approximate surface area is 307 Å². The number of nitrogens with zero attached hydrogens (tertiary/aromatic N) is 1. The molecule has 0 radical (unpaired) electrons. The Morgan fingerprint density at radius 1 is 0.469 bits per heavy atom. The SMILES string of the molecule is CCCCC/C=C\C/C=C\CCCCCCCCC1(CCCCCCCC/C=C\C/C=C\CCCCC)OCC(CCCCN(C)C)CO1. The summed E-state index contributed by atoms with van der Waals surface area (Å²) in [6.45, 7) is 7.51. The minimum atomic E-state index is -0.315. The molecule has 0 amide bonds. The molecule has 0 aromatic carbocycles. The second-order valence-electron chi connectivity index (χ2n) is 15.4. The fraction of sp³-hybridized carbons (Fsp3) is 0.826. The molecule has 0 bridgehead atoms. The van der Waals surface area contributed by atoms with Gasteiger partial charge >= 0.3 is 0 Å². The van der Waals surface area contributed by atoms with Crippen molar-refractivity contribution in [2.24, 2.45) is 5.92 Å². The van der Waals surface area contributed by atoms with Crippen LogP contribution in [0.15, 0.2) is 48.6 Å². The summed E-state index contributed by atoms with van der Waals surface area (Å²) >= 11 is 0. The maximum atomic E-state index is 6.65. The van der Waals surface area contributed by atoms with Gasteiger partial charge in [0, 0.05) is 18.8 Å². The van der Waals surface area contributed by atoms with Crippen LogP contribution >= 0.6 is 0 Å². The average molecular weight is 684 g/mol. The van der Waals surface area contributed by atoms with Gasteiger partial charge in [0.25, 0.3) is 0 Å². The van der Waals surface area contributed by atoms with E-state index in [9.17, 15) is 0 Å². The molecular weight excluding hydrogens is 599 g/mol. The van der Waals surface area contributed by atoms with Crippen molar-refractivity contribution < 1.29 is 9.47 Å². The van der Waals surface area contributed by atoms with E-state index in [1.165, 1.54) is 167 Å². The molecular formula is C46H85NO2. The number of hydrogen-bond acceptors (Lipinski definition) is 3. The lowest BCUT2D eigenvalue weighted by Gasteiger charge is -2.41. The van der Waals surface area contributed by atoms with E-state index in [1.807, 2.05) is 0 Å². The molecule has 0 aliphatic carbocycles. The lowest BCUT2D eigenvalue weighted by molar-refractivity contribution is -0.290. The minimum Gasteiger partial charge on any atom is -0.350 e. The zero-order valence-corrected chi connectivity index (χ0v) is 33.6. The second-order valence-corrected chi connectivity index (χ2v) is 15.4. The zero-order chi connectivity index (χ0) is 35.4. The molecule has 0 unspecified atom stereocenters. The van der Waals surface area contributed by atoms with Gasteiger partial charge < -0.3 is 14.4 Å². The molecule has 1 saturated heterocycles. The van der Waals surface area contributed by atoms with Crippen LogP contribution in [-0.4, -0.2) is 44.5 Å². The Kier molecular flexibility index (Phi) is 33.0. The Hall–Kier alpha value is -1.16. The molecule has 0 N–H and O–H groups in total. The third-order valence-electron chi connectivity index (χ3n) is 10.1. The topological polar surface area (TPSA) is 21.7 Å². The molecule has 1 rings (SSSR count). The summed E-state index contributed by atoms with van der Waals surface area (Å²) < 4.78 is 13.3. The van der Waals surface area contributed by atoms with Crippen LogP contribution < -0.4 is 0 Å². The number of unbranched alkanes of at least 4 members (excludes halogenated alkanes) is 19. The van der Waals surface area contributed by atoms with Crippen molar-refractivity contribution in [3.05, 3.63) is 48.6 Å². The minimum absolute atomic E-state index is 0.315. The lowest BCUT2D eigenvalue weighted by atomic mass is 9.96. The summed E-state index contributed by atoms with van der Waals surface area (Å²) in [5.41, 5.74) is 0. The molecule has 1 aliphatic rings. The molecule has 0 atom stereocenters. The van der Waals surface area contributed by atoms with Crippen molar-refractivity contribution in [2.75, 3.05) is 33.9 Å². The number of rotatable bonds is 35. The van der Waals surface area contributed by atoms with Crippen molar-refractivity contribution in [3.8, 4) is 0 Å². The van der Waals surface area contributed by atoms with Gasteiger partial charge in [0.1, 0.15) is 0 Å². The molecule has 49 heavy (non-hydrogen) atoms. The van der Waals surface area contributed by atoms with E-state index in [-0.39, 0.29) is 5.79 Å². The Morgan fingerprint density at radius 3 is 1.27 bits per heavy atom. The van der Waals surface area contributed by atoms with Crippen molar-refractivity contribution >= 4 is 0 Å². The van der Waals surface area contributed by atoms with Crippen LogP contribution in [0.3, 0.4) is 0 Å². The molecule has 0 saturated carbocycles. The fourth-order valence-corrected chi connectivity index (χ4v) is 6.84. The second kappa shape index (κ2) is 35.3. The first-order valence-corrected chi connectivity index (χ1v) is 21.6. The van der Waals surface area contributed by atoms with Crippen molar-refractivity contribution in [1.82, 2.24) is 4.90 Å². The predicted molar refractivity (Wildman–Crippen MR) is 218 cm³/mol. The predicted octanol–water partition coefficient (Wildman–Crippen LogP) is 14.5. The van der Waals surface area contributed by atoms with Gasteiger partial charge in [0.15, 0.2) is 5.79 Å². The van der Waals surface area contributed by atoms with Crippen molar-refractivity contribution in [3.63, 3.8) is 0 Å². The third kappa shape index (κ3) is 30.2. The molecule has 0 spiro atoms. The van der Waals surface area contributed by atoms with Crippen molar-refractivity contribution in [2.45, 2.75) is 206 Å². The summed E-state index contributed by atoms with van der Waals surface area (Å²) in [6.07, 6.45) is 55.9. The zero-order valence-electron chi connectivity index (χ0n) is 33.6. The maximum absolute atomic E-state index is 6.65. The van der Waals surface area contributed by atoms with Gasteiger partial charge in [-0.25, -0.2) is 0 Å². The molecule has 3 nitrogen and oxygen atoms in total. The first-order valence-electron chi connectivity index (χ1n) is 21.6. The summed E-state index contributed by atoms with van der Waals surface area (Å²) in [7, 11) is 4.34. The molecule has 1 heterocycles. The van der Waals surface area contributed by atoms with E-state index >= 15 is 0 Å². The highest BCUT2D eigenvalue weighted by molar-refractivity contribution is 4.93. The molecule has 1 aliphatic heterocycles. The Balaban J connectivity index is 2.23. The third-order valence-corrected chi connectivity index (χ3v) is 10.1. The highest BCUT2D eigenvalue weighted by Crippen LogP contribution is 2.34. The number of hydrogen-bond donors (Lipinski definition) is 0. The van der Waals surface area contributed by atoms with E-state index in [1.54, 1.807) is 0 Å². The first-order chi connectivity index (χ1) is 24.1. The quantitative estimate of drug-likeness (QED) is 0.0490. The van der Waals surface area contributed by atoms with Gasteiger partial charge in [-0.2, -0.15) is 0 Å². The first kappa shape index (κ1) is 45.9. The average Bonchev–Trinajstić information content (AvgIpc) is 3.10. The van der Waals surface area contributed by atoms with Gasteiger partial charge in [0.2, 0.25) is 0 Å². The van der Waals surface area contributed by atoms with E-state index in [0.29, 0.717) is 5.92 Å². The van der Waals surface area contributed by atoms with Gasteiger partial charge in [-0.3, -0.25) is 0 Å². The smallest absolute Gasteiger partial charge is 0.168 e. The largest absolute Gasteiger partial charge is 0.350 e. The summed E-state index contributed by atoms with van der Waals surface area (Å²) in [5.74, 6) is 0.256. The number of ether oxygens (including phenoxy) is 2. The normalized spacial score (nSPS) is 15.8. The number of allylic oxidation sites excluding steroid dienone is 8. The highest BCUT2D eigenvalue weighted by Gasteiger charge is 2.36. The van der Waals surface area contributed by atoms with Crippen LogP contribution in [0.5, 0.6) is 0 Å². The van der Waals surface area contributed by atoms with Crippen LogP contribution in [0, 0.1) is 5.92 Å². The van der Waals surface area contributed by atoms with E-state index < -0.39 is 0 Å². The van der Waals surface area contributed by atoms with Crippen molar-refractivity contribution in [1.29, 1.82) is 0 Å². The van der Waals surface area contributed by atoms with Crippen LogP contribution in [0.2, 0.25) is 0 Å². The maximum Gasteiger partial charge on any atom is 0.168 e. The summed E-state index contributed by atoms with van der Waals surface area (Å²) in [5, 5.41) is 0. The standard InChI is InChI=1S/C46H85NO2/c1-5-7-9-11-13-15-17-19-21-23-25-27-29-31-33-36-40-46(48-43-45(44-49-46)39-35-38-42-47(3)4)41-37-34-32-30-28-26-24-22-20-18-16-14-12-10-8-6-2/h13-16,19-22,45H,5-12,17-18,23-44H2,1-4H3/b15-13-,16-14-,21-19-,22-20-. The summed E-state index contributed by atoms with van der Waals surface area (Å²) in [6, 6.07) is 0. The molecule has 1 fully saturated rings. The molecule has 0 aromatic heterocycles. The Morgan fingerprint density at radius 2 is 0.857 bits per heavy atom. The molecule has 0 aromatic rings. The molecule has 3 heteroatoms. The van der Waals surface area contributed by atoms with Crippen LogP contribution in [0.4, 0.5) is 0 Å². The van der Waals surface area contributed by atoms with Gasteiger partial charge in [0.05, 0.1) is 13.2 Å². The van der Waals surface area contributed by atoms with Gasteiger partial charge in [-0.05, 0) is 111 Å². The highest BCUT2D eigenvalue weighted by atomic mass is 16.7. The van der Waals surface area contributed by atoms with Gasteiger partial charge in [-0.1, -0.05) is 146 Å². The Bertz CT molecular complexity index is 739. The molecule has 286 valence electrons. The van der Waals surface area contributed by atoms with E-state index in [0.717, 1.165) is 38.9 Å². The van der Waals surface area contributed by atoms with Gasteiger partial charge in [-0.15, -0.1) is 0 Å². The van der Waals surface area contributed by atoms with E-state index in [4.69, 9.17) is 9.47 Å². The fourth-order valence-electron chi connectivity index (χ4n) is 6.84. The monoisotopic (exact) mass is 684 g/mol.